The van der Waals surface area contributed by atoms with E-state index in [0.29, 0.717) is 12.6 Å². The summed E-state index contributed by atoms with van der Waals surface area (Å²) < 4.78 is 18.8. The summed E-state index contributed by atoms with van der Waals surface area (Å²) in [6.07, 6.45) is 10.4. The molecule has 2 saturated heterocycles. The molecular weight excluding hydrogens is 319 g/mol. The van der Waals surface area contributed by atoms with Crippen LogP contribution in [-0.4, -0.2) is 40.9 Å². The minimum atomic E-state index is -0.539. The molecule has 2 aliphatic heterocycles. The Morgan fingerprint density at radius 2 is 2.20 bits per heavy atom. The van der Waals surface area contributed by atoms with Crippen molar-refractivity contribution in [2.45, 2.75) is 44.9 Å². The zero-order valence-corrected chi connectivity index (χ0v) is 14.5. The van der Waals surface area contributed by atoms with Crippen LogP contribution >= 0.6 is 0 Å². The minimum absolute atomic E-state index is 0.0231. The average molecular weight is 342 g/mol. The maximum atomic E-state index is 13.0. The summed E-state index contributed by atoms with van der Waals surface area (Å²) in [7, 11) is 0. The Bertz CT molecular complexity index is 693. The lowest BCUT2D eigenvalue weighted by Gasteiger charge is -2.31. The molecule has 0 aliphatic carbocycles. The molecule has 3 rings (SSSR count). The van der Waals surface area contributed by atoms with Crippen LogP contribution in [0.2, 0.25) is 0 Å². The maximum Gasteiger partial charge on any atom is 0.225 e. The highest BCUT2D eigenvalue weighted by Crippen LogP contribution is 2.31. The second-order valence-corrected chi connectivity index (χ2v) is 6.52. The molecule has 1 aromatic rings. The van der Waals surface area contributed by atoms with Gasteiger partial charge in [0.2, 0.25) is 5.91 Å². The van der Waals surface area contributed by atoms with E-state index in [-0.39, 0.29) is 11.7 Å². The molecule has 2 unspecified atom stereocenters. The molecule has 0 saturated carbocycles. The fraction of sp³-hybridized carbons (Fsp3) is 0.450. The largest absolute Gasteiger partial charge is 0.357 e. The number of nitrogens with zero attached hydrogens (tertiary/aromatic N) is 2. The second kappa shape index (κ2) is 7.71. The summed E-state index contributed by atoms with van der Waals surface area (Å²) in [4.78, 5) is 16.1. The topological polar surface area (TPSA) is 32.8 Å². The number of hydrogen-bond acceptors (Lipinski definition) is 3. The number of ether oxygens (including phenoxy) is 1. The number of piperidine rings is 1. The first-order chi connectivity index (χ1) is 12.1. The Balaban J connectivity index is 1.73. The molecule has 0 aromatic heterocycles. The van der Waals surface area contributed by atoms with Crippen LogP contribution < -0.4 is 0 Å². The van der Waals surface area contributed by atoms with Crippen LogP contribution in [0, 0.1) is 18.2 Å². The first-order valence-corrected chi connectivity index (χ1v) is 8.67. The van der Waals surface area contributed by atoms with Gasteiger partial charge in [0.25, 0.3) is 0 Å². The summed E-state index contributed by atoms with van der Waals surface area (Å²) in [5.41, 5.74) is 0.853. The normalized spacial score (nSPS) is 22.6. The zero-order valence-electron chi connectivity index (χ0n) is 14.5. The van der Waals surface area contributed by atoms with Crippen molar-refractivity contribution in [1.82, 2.24) is 9.80 Å². The van der Waals surface area contributed by atoms with Gasteiger partial charge in [0.05, 0.1) is 6.61 Å². The van der Waals surface area contributed by atoms with Gasteiger partial charge in [-0.2, -0.15) is 0 Å². The number of terminal acetylenes is 1. The summed E-state index contributed by atoms with van der Waals surface area (Å²) in [5.74, 6) is 3.23. The van der Waals surface area contributed by atoms with Gasteiger partial charge >= 0.3 is 0 Å². The Morgan fingerprint density at radius 3 is 2.88 bits per heavy atom. The standard InChI is InChI=1S/C20H23FN2O2/c1-3-19(25-14-16-7-9-17(21)10-8-16)12-20-22-11-5-4-6-18(22)13-23(20)15(2)24/h1,7-10,12,18-19H,4-6,11,13-14H2,2H3/b20-12-. The maximum absolute atomic E-state index is 13.0. The van der Waals surface area contributed by atoms with E-state index in [1.165, 1.54) is 18.6 Å². The van der Waals surface area contributed by atoms with Crippen molar-refractivity contribution in [3.63, 3.8) is 0 Å². The molecule has 25 heavy (non-hydrogen) atoms. The van der Waals surface area contributed by atoms with Gasteiger partial charge in [0.15, 0.2) is 0 Å². The zero-order chi connectivity index (χ0) is 17.8. The number of benzene rings is 1. The molecule has 2 atom stereocenters. The SMILES string of the molecule is C#CC(/C=C1\N(C(C)=O)CC2CCCCN12)OCc1ccc(F)cc1. The van der Waals surface area contributed by atoms with Crippen LogP contribution in [0.15, 0.2) is 36.2 Å². The predicted molar refractivity (Wildman–Crippen MR) is 93.6 cm³/mol. The summed E-state index contributed by atoms with van der Waals surface area (Å²) in [6, 6.07) is 6.52. The third-order valence-corrected chi connectivity index (χ3v) is 4.78. The number of carbonyl (C=O) groups excluding carboxylic acids is 1. The molecular formula is C20H23FN2O2. The van der Waals surface area contributed by atoms with Crippen molar-refractivity contribution in [2.24, 2.45) is 0 Å². The van der Waals surface area contributed by atoms with Crippen LogP contribution in [0.5, 0.6) is 0 Å². The van der Waals surface area contributed by atoms with Crippen molar-refractivity contribution in [1.29, 1.82) is 0 Å². The molecule has 1 amide bonds. The van der Waals surface area contributed by atoms with Gasteiger partial charge in [0.1, 0.15) is 17.7 Å². The highest BCUT2D eigenvalue weighted by atomic mass is 19.1. The first kappa shape index (κ1) is 17.5. The lowest BCUT2D eigenvalue weighted by atomic mass is 10.0. The molecule has 5 heteroatoms. The fourth-order valence-electron chi connectivity index (χ4n) is 3.47. The number of hydrogen-bond donors (Lipinski definition) is 0. The molecule has 2 fully saturated rings. The van der Waals surface area contributed by atoms with Crippen LogP contribution in [-0.2, 0) is 16.1 Å². The van der Waals surface area contributed by atoms with Crippen molar-refractivity contribution in [3.8, 4) is 12.3 Å². The number of carbonyl (C=O) groups is 1. The summed E-state index contributed by atoms with van der Waals surface area (Å²) >= 11 is 0. The van der Waals surface area contributed by atoms with Gasteiger partial charge in [-0.15, -0.1) is 6.42 Å². The molecule has 132 valence electrons. The Morgan fingerprint density at radius 1 is 1.44 bits per heavy atom. The Labute approximate surface area is 148 Å². The smallest absolute Gasteiger partial charge is 0.225 e. The average Bonchev–Trinajstić information content (AvgIpc) is 2.99. The lowest BCUT2D eigenvalue weighted by molar-refractivity contribution is -0.126. The van der Waals surface area contributed by atoms with Gasteiger partial charge in [-0.1, -0.05) is 18.1 Å². The van der Waals surface area contributed by atoms with Gasteiger partial charge in [-0.05, 0) is 43.0 Å². The van der Waals surface area contributed by atoms with E-state index in [1.807, 2.05) is 6.08 Å². The van der Waals surface area contributed by atoms with Gasteiger partial charge < -0.3 is 9.64 Å². The molecule has 2 aliphatic rings. The summed E-state index contributed by atoms with van der Waals surface area (Å²) in [5, 5.41) is 0. The van der Waals surface area contributed by atoms with Crippen molar-refractivity contribution in [3.05, 3.63) is 47.5 Å². The Kier molecular flexibility index (Phi) is 5.40. The van der Waals surface area contributed by atoms with Crippen molar-refractivity contribution < 1.29 is 13.9 Å². The minimum Gasteiger partial charge on any atom is -0.357 e. The van der Waals surface area contributed by atoms with E-state index in [0.717, 1.165) is 37.3 Å². The number of rotatable bonds is 4. The molecule has 0 N–H and O–H groups in total. The molecule has 2 heterocycles. The van der Waals surface area contributed by atoms with Crippen LogP contribution in [0.1, 0.15) is 31.7 Å². The van der Waals surface area contributed by atoms with E-state index in [4.69, 9.17) is 11.2 Å². The predicted octanol–water partition coefficient (Wildman–Crippen LogP) is 2.90. The molecule has 0 spiro atoms. The van der Waals surface area contributed by atoms with E-state index in [2.05, 4.69) is 10.8 Å². The van der Waals surface area contributed by atoms with Crippen molar-refractivity contribution >= 4 is 5.91 Å². The molecule has 0 bridgehead atoms. The van der Waals surface area contributed by atoms with E-state index in [9.17, 15) is 9.18 Å². The molecule has 0 radical (unpaired) electrons. The van der Waals surface area contributed by atoms with E-state index >= 15 is 0 Å². The third kappa shape index (κ3) is 4.02. The van der Waals surface area contributed by atoms with E-state index in [1.54, 1.807) is 24.0 Å². The van der Waals surface area contributed by atoms with Crippen LogP contribution in [0.25, 0.3) is 0 Å². The van der Waals surface area contributed by atoms with Gasteiger partial charge in [-0.3, -0.25) is 9.69 Å². The fourth-order valence-corrected chi connectivity index (χ4v) is 3.47. The quantitative estimate of drug-likeness (QED) is 0.789. The highest BCUT2D eigenvalue weighted by Gasteiger charge is 2.37. The van der Waals surface area contributed by atoms with Crippen LogP contribution in [0.4, 0.5) is 4.39 Å². The van der Waals surface area contributed by atoms with Gasteiger partial charge in [-0.25, -0.2) is 4.39 Å². The number of halogens is 1. The lowest BCUT2D eigenvalue weighted by Crippen LogP contribution is -2.34. The number of fused-ring (bicyclic) bond motifs is 1. The van der Waals surface area contributed by atoms with E-state index < -0.39 is 6.10 Å². The van der Waals surface area contributed by atoms with Crippen molar-refractivity contribution in [2.75, 3.05) is 13.1 Å². The first-order valence-electron chi connectivity index (χ1n) is 8.67. The number of amides is 1. The molecule has 1 aromatic carbocycles. The Hall–Kier alpha value is -2.32. The van der Waals surface area contributed by atoms with Crippen LogP contribution in [0.3, 0.4) is 0 Å². The second-order valence-electron chi connectivity index (χ2n) is 6.52. The van der Waals surface area contributed by atoms with Gasteiger partial charge in [0, 0.05) is 26.1 Å². The monoisotopic (exact) mass is 342 g/mol. The third-order valence-electron chi connectivity index (χ3n) is 4.78. The molecule has 4 nitrogen and oxygen atoms in total. The highest BCUT2D eigenvalue weighted by molar-refractivity contribution is 5.75. The summed E-state index contributed by atoms with van der Waals surface area (Å²) in [6.45, 7) is 3.53.